The Kier molecular flexibility index (Phi) is 5.53. The number of rotatable bonds is 6. The van der Waals surface area contributed by atoms with E-state index in [1.807, 2.05) is 30.3 Å². The van der Waals surface area contributed by atoms with Gasteiger partial charge in [-0.3, -0.25) is 0 Å². The van der Waals surface area contributed by atoms with Gasteiger partial charge in [0.2, 0.25) is 0 Å². The molecule has 0 amide bonds. The van der Waals surface area contributed by atoms with Gasteiger partial charge in [0.05, 0.1) is 6.61 Å². The number of aliphatic hydroxyl groups excluding tert-OH is 1. The van der Waals surface area contributed by atoms with Crippen LogP contribution in [0.25, 0.3) is 0 Å². The number of hydrogen-bond acceptors (Lipinski definition) is 2. The third kappa shape index (κ3) is 4.04. The first-order valence-electron chi connectivity index (χ1n) is 6.51. The predicted molar refractivity (Wildman–Crippen MR) is 79.3 cm³/mol. The van der Waals surface area contributed by atoms with Crippen LogP contribution in [0.4, 0.5) is 4.39 Å². The average Bonchev–Trinajstić information content (AvgIpc) is 2.46. The van der Waals surface area contributed by atoms with Gasteiger partial charge in [-0.05, 0) is 24.1 Å². The van der Waals surface area contributed by atoms with Crippen LogP contribution in [-0.2, 0) is 13.0 Å². The summed E-state index contributed by atoms with van der Waals surface area (Å²) in [5.41, 5.74) is 1.55. The standard InChI is InChI=1S/C16H17ClFNO/c17-15-7-4-8-16(18)14(15)10-19-13(11-20)9-12-5-2-1-3-6-12/h1-8,13,19-20H,9-11H2/t13-/m1/s1. The van der Waals surface area contributed by atoms with E-state index >= 15 is 0 Å². The van der Waals surface area contributed by atoms with Crippen molar-refractivity contribution < 1.29 is 9.50 Å². The maximum atomic E-state index is 13.6. The Morgan fingerprint density at radius 2 is 1.85 bits per heavy atom. The second-order valence-corrected chi connectivity index (χ2v) is 5.06. The van der Waals surface area contributed by atoms with E-state index in [0.29, 0.717) is 23.6 Å². The Morgan fingerprint density at radius 1 is 1.10 bits per heavy atom. The first-order valence-corrected chi connectivity index (χ1v) is 6.89. The fourth-order valence-electron chi connectivity index (χ4n) is 2.05. The van der Waals surface area contributed by atoms with E-state index in [-0.39, 0.29) is 18.5 Å². The third-order valence-corrected chi connectivity index (χ3v) is 3.53. The number of nitrogens with one attached hydrogen (secondary N) is 1. The first kappa shape index (κ1) is 15.0. The lowest BCUT2D eigenvalue weighted by Gasteiger charge is -2.17. The molecule has 0 aromatic heterocycles. The SMILES string of the molecule is OC[C@@H](Cc1ccccc1)NCc1c(F)cccc1Cl. The molecule has 0 aliphatic heterocycles. The number of benzene rings is 2. The summed E-state index contributed by atoms with van der Waals surface area (Å²) in [6.45, 7) is 0.282. The lowest BCUT2D eigenvalue weighted by Crippen LogP contribution is -2.34. The highest BCUT2D eigenvalue weighted by molar-refractivity contribution is 6.31. The quantitative estimate of drug-likeness (QED) is 0.857. The second kappa shape index (κ2) is 7.39. The zero-order valence-electron chi connectivity index (χ0n) is 11.0. The molecule has 2 aromatic carbocycles. The van der Waals surface area contributed by atoms with Crippen LogP contribution in [0.15, 0.2) is 48.5 Å². The molecule has 2 rings (SSSR count). The Balaban J connectivity index is 1.97. The minimum Gasteiger partial charge on any atom is -0.395 e. The fraction of sp³-hybridized carbons (Fsp3) is 0.250. The normalized spacial score (nSPS) is 12.3. The van der Waals surface area contributed by atoms with Crippen LogP contribution in [0.1, 0.15) is 11.1 Å². The summed E-state index contributed by atoms with van der Waals surface area (Å²) in [5, 5.41) is 13.0. The number of hydrogen-bond donors (Lipinski definition) is 2. The van der Waals surface area contributed by atoms with Gasteiger partial charge < -0.3 is 10.4 Å². The van der Waals surface area contributed by atoms with Gasteiger partial charge in [0.25, 0.3) is 0 Å². The van der Waals surface area contributed by atoms with E-state index in [4.69, 9.17) is 11.6 Å². The molecule has 0 aliphatic carbocycles. The molecule has 0 unspecified atom stereocenters. The van der Waals surface area contributed by atoms with Crippen LogP contribution in [0, 0.1) is 5.82 Å². The Labute approximate surface area is 123 Å². The molecule has 2 nitrogen and oxygen atoms in total. The van der Waals surface area contributed by atoms with Gasteiger partial charge in [-0.25, -0.2) is 4.39 Å². The topological polar surface area (TPSA) is 32.3 Å². The Bertz CT molecular complexity index is 527. The van der Waals surface area contributed by atoms with Gasteiger partial charge in [-0.1, -0.05) is 48.0 Å². The van der Waals surface area contributed by atoms with Crippen molar-refractivity contribution in [2.24, 2.45) is 0 Å². The summed E-state index contributed by atoms with van der Waals surface area (Å²) in [7, 11) is 0. The van der Waals surface area contributed by atoms with Crippen molar-refractivity contribution in [3.8, 4) is 0 Å². The molecular weight excluding hydrogens is 277 g/mol. The molecule has 4 heteroatoms. The van der Waals surface area contributed by atoms with Crippen molar-refractivity contribution in [1.82, 2.24) is 5.32 Å². The Morgan fingerprint density at radius 3 is 2.50 bits per heavy atom. The molecule has 106 valence electrons. The zero-order valence-corrected chi connectivity index (χ0v) is 11.8. The van der Waals surface area contributed by atoms with Crippen molar-refractivity contribution in [2.75, 3.05) is 6.61 Å². The van der Waals surface area contributed by atoms with Crippen molar-refractivity contribution in [3.63, 3.8) is 0 Å². The second-order valence-electron chi connectivity index (χ2n) is 4.65. The minimum atomic E-state index is -0.332. The van der Waals surface area contributed by atoms with E-state index in [1.54, 1.807) is 12.1 Å². The molecule has 20 heavy (non-hydrogen) atoms. The third-order valence-electron chi connectivity index (χ3n) is 3.17. The number of halogens is 2. The number of aliphatic hydroxyl groups is 1. The van der Waals surface area contributed by atoms with Crippen molar-refractivity contribution >= 4 is 11.6 Å². The van der Waals surface area contributed by atoms with Gasteiger partial charge in [-0.15, -0.1) is 0 Å². The monoisotopic (exact) mass is 293 g/mol. The van der Waals surface area contributed by atoms with E-state index in [0.717, 1.165) is 5.56 Å². The van der Waals surface area contributed by atoms with Crippen LogP contribution < -0.4 is 5.32 Å². The molecule has 2 N–H and O–H groups in total. The lowest BCUT2D eigenvalue weighted by molar-refractivity contribution is 0.240. The summed E-state index contributed by atoms with van der Waals surface area (Å²) >= 11 is 5.97. The molecule has 0 heterocycles. The van der Waals surface area contributed by atoms with Crippen molar-refractivity contribution in [1.29, 1.82) is 0 Å². The molecule has 0 bridgehead atoms. The minimum absolute atomic E-state index is 0.0129. The summed E-state index contributed by atoms with van der Waals surface area (Å²) in [6.07, 6.45) is 0.684. The van der Waals surface area contributed by atoms with Crippen LogP contribution in [-0.4, -0.2) is 17.8 Å². The lowest BCUT2D eigenvalue weighted by atomic mass is 10.1. The molecule has 0 fully saturated rings. The van der Waals surface area contributed by atoms with Crippen LogP contribution in [0.2, 0.25) is 5.02 Å². The maximum Gasteiger partial charge on any atom is 0.129 e. The predicted octanol–water partition coefficient (Wildman–Crippen LogP) is 3.17. The molecule has 0 aliphatic rings. The Hall–Kier alpha value is -1.42. The maximum absolute atomic E-state index is 13.6. The first-order chi connectivity index (χ1) is 9.70. The molecule has 0 saturated heterocycles. The average molecular weight is 294 g/mol. The summed E-state index contributed by atoms with van der Waals surface area (Å²) in [4.78, 5) is 0. The van der Waals surface area contributed by atoms with E-state index < -0.39 is 0 Å². The van der Waals surface area contributed by atoms with Gasteiger partial charge in [0.15, 0.2) is 0 Å². The van der Waals surface area contributed by atoms with Crippen molar-refractivity contribution in [3.05, 3.63) is 70.5 Å². The fourth-order valence-corrected chi connectivity index (χ4v) is 2.28. The molecule has 0 spiro atoms. The van der Waals surface area contributed by atoms with E-state index in [9.17, 15) is 9.50 Å². The molecule has 0 saturated carbocycles. The summed E-state index contributed by atoms with van der Waals surface area (Å²) in [6, 6.07) is 14.4. The highest BCUT2D eigenvalue weighted by Crippen LogP contribution is 2.18. The van der Waals surface area contributed by atoms with Crippen LogP contribution >= 0.6 is 11.6 Å². The van der Waals surface area contributed by atoms with Crippen LogP contribution in [0.3, 0.4) is 0 Å². The summed E-state index contributed by atoms with van der Waals surface area (Å²) < 4.78 is 13.6. The van der Waals surface area contributed by atoms with E-state index in [1.165, 1.54) is 6.07 Å². The molecule has 0 radical (unpaired) electrons. The highest BCUT2D eigenvalue weighted by atomic mass is 35.5. The van der Waals surface area contributed by atoms with Gasteiger partial charge in [0.1, 0.15) is 5.82 Å². The molecule has 1 atom stereocenters. The largest absolute Gasteiger partial charge is 0.395 e. The van der Waals surface area contributed by atoms with Crippen molar-refractivity contribution in [2.45, 2.75) is 19.0 Å². The van der Waals surface area contributed by atoms with Gasteiger partial charge in [-0.2, -0.15) is 0 Å². The molecule has 2 aromatic rings. The zero-order chi connectivity index (χ0) is 14.4. The van der Waals surface area contributed by atoms with Gasteiger partial charge in [0, 0.05) is 23.2 Å². The van der Waals surface area contributed by atoms with Gasteiger partial charge >= 0.3 is 0 Å². The summed E-state index contributed by atoms with van der Waals surface area (Å²) in [5.74, 6) is -0.332. The smallest absolute Gasteiger partial charge is 0.129 e. The van der Waals surface area contributed by atoms with E-state index in [2.05, 4.69) is 5.32 Å². The van der Waals surface area contributed by atoms with Crippen LogP contribution in [0.5, 0.6) is 0 Å². The molecular formula is C16H17ClFNO. The highest BCUT2D eigenvalue weighted by Gasteiger charge is 2.11.